The lowest BCUT2D eigenvalue weighted by Gasteiger charge is -2.23. The molecule has 3 rings (SSSR count). The number of aromatic nitrogens is 1. The largest absolute Gasteiger partial charge is 0.325 e. The van der Waals surface area contributed by atoms with Crippen LogP contribution in [0.25, 0.3) is 0 Å². The van der Waals surface area contributed by atoms with Gasteiger partial charge < -0.3 is 10.2 Å². The van der Waals surface area contributed by atoms with Gasteiger partial charge >= 0.3 is 0 Å². The van der Waals surface area contributed by atoms with Crippen molar-refractivity contribution in [3.8, 4) is 0 Å². The number of carbonyl (C=O) groups is 2. The highest BCUT2D eigenvalue weighted by molar-refractivity contribution is 6.35. The molecular weight excluding hydrogens is 361 g/mol. The number of benzene rings is 1. The molecule has 25 heavy (non-hydrogen) atoms. The molecule has 1 saturated heterocycles. The Morgan fingerprint density at radius 3 is 2.60 bits per heavy atom. The van der Waals surface area contributed by atoms with E-state index in [1.807, 2.05) is 13.0 Å². The molecular formula is C18H17Cl2N3O2. The SMILES string of the molecule is Cc1cccc(C(=O)N2CCC[C@H]2C(=O)Nc2cc(Cl)cc(Cl)c2)n1. The number of amides is 2. The lowest BCUT2D eigenvalue weighted by molar-refractivity contribution is -0.119. The first-order chi connectivity index (χ1) is 11.9. The summed E-state index contributed by atoms with van der Waals surface area (Å²) in [4.78, 5) is 31.2. The van der Waals surface area contributed by atoms with E-state index in [0.717, 1.165) is 12.1 Å². The van der Waals surface area contributed by atoms with Gasteiger partial charge in [-0.3, -0.25) is 9.59 Å². The summed E-state index contributed by atoms with van der Waals surface area (Å²) in [7, 11) is 0. The van der Waals surface area contributed by atoms with Gasteiger partial charge in [0, 0.05) is 28.0 Å². The molecule has 130 valence electrons. The molecule has 0 aliphatic carbocycles. The number of aryl methyl sites for hydroxylation is 1. The van der Waals surface area contributed by atoms with Crippen molar-refractivity contribution in [1.82, 2.24) is 9.88 Å². The highest BCUT2D eigenvalue weighted by atomic mass is 35.5. The number of likely N-dealkylation sites (tertiary alicyclic amines) is 1. The van der Waals surface area contributed by atoms with Crippen molar-refractivity contribution >= 4 is 40.7 Å². The van der Waals surface area contributed by atoms with E-state index in [9.17, 15) is 9.59 Å². The van der Waals surface area contributed by atoms with E-state index in [1.54, 1.807) is 35.2 Å². The number of hydrogen-bond donors (Lipinski definition) is 1. The van der Waals surface area contributed by atoms with Crippen LogP contribution in [0.5, 0.6) is 0 Å². The first kappa shape index (κ1) is 17.7. The molecule has 2 aromatic rings. The summed E-state index contributed by atoms with van der Waals surface area (Å²) in [6, 6.07) is 9.58. The van der Waals surface area contributed by atoms with Crippen LogP contribution in [0, 0.1) is 6.92 Å². The highest BCUT2D eigenvalue weighted by Crippen LogP contribution is 2.25. The third kappa shape index (κ3) is 4.11. The van der Waals surface area contributed by atoms with E-state index in [-0.39, 0.29) is 11.8 Å². The van der Waals surface area contributed by atoms with Crippen LogP contribution in [-0.4, -0.2) is 34.3 Å². The Morgan fingerprint density at radius 2 is 1.92 bits per heavy atom. The molecule has 0 saturated carbocycles. The van der Waals surface area contributed by atoms with Gasteiger partial charge in [0.1, 0.15) is 11.7 Å². The minimum absolute atomic E-state index is 0.231. The Balaban J connectivity index is 1.76. The van der Waals surface area contributed by atoms with Gasteiger partial charge in [-0.15, -0.1) is 0 Å². The maximum atomic E-state index is 12.7. The number of rotatable bonds is 3. The zero-order chi connectivity index (χ0) is 18.0. The molecule has 0 unspecified atom stereocenters. The lowest BCUT2D eigenvalue weighted by Crippen LogP contribution is -2.43. The molecule has 7 heteroatoms. The fourth-order valence-corrected chi connectivity index (χ4v) is 3.47. The monoisotopic (exact) mass is 377 g/mol. The van der Waals surface area contributed by atoms with Gasteiger partial charge in [-0.2, -0.15) is 0 Å². The maximum Gasteiger partial charge on any atom is 0.273 e. The predicted molar refractivity (Wildman–Crippen MR) is 98.1 cm³/mol. The normalized spacial score (nSPS) is 16.8. The smallest absolute Gasteiger partial charge is 0.273 e. The summed E-state index contributed by atoms with van der Waals surface area (Å²) < 4.78 is 0. The number of nitrogens with one attached hydrogen (secondary N) is 1. The van der Waals surface area contributed by atoms with Crippen LogP contribution in [0.3, 0.4) is 0 Å². The minimum atomic E-state index is -0.535. The van der Waals surface area contributed by atoms with Crippen LogP contribution in [0.4, 0.5) is 5.69 Å². The standard InChI is InChI=1S/C18H17Cl2N3O2/c1-11-4-2-5-15(21-11)18(25)23-7-3-6-16(23)17(24)22-14-9-12(19)8-13(20)10-14/h2,4-5,8-10,16H,3,6-7H2,1H3,(H,22,24)/t16-/m0/s1. The average Bonchev–Trinajstić information content (AvgIpc) is 3.02. The second-order valence-corrected chi connectivity index (χ2v) is 6.84. The van der Waals surface area contributed by atoms with E-state index in [4.69, 9.17) is 23.2 Å². The summed E-state index contributed by atoms with van der Waals surface area (Å²) in [5, 5.41) is 3.66. The molecule has 1 N–H and O–H groups in total. The molecule has 0 radical (unpaired) electrons. The highest BCUT2D eigenvalue weighted by Gasteiger charge is 2.35. The van der Waals surface area contributed by atoms with Crippen molar-refractivity contribution in [3.05, 3.63) is 57.8 Å². The molecule has 1 aromatic heterocycles. The molecule has 1 aromatic carbocycles. The van der Waals surface area contributed by atoms with Gasteiger partial charge in [0.05, 0.1) is 0 Å². The van der Waals surface area contributed by atoms with Crippen molar-refractivity contribution in [3.63, 3.8) is 0 Å². The molecule has 1 aliphatic rings. The molecule has 0 spiro atoms. The van der Waals surface area contributed by atoms with Crippen molar-refractivity contribution in [2.45, 2.75) is 25.8 Å². The fraction of sp³-hybridized carbons (Fsp3) is 0.278. The quantitative estimate of drug-likeness (QED) is 0.880. The Bertz CT molecular complexity index is 805. The third-order valence-electron chi connectivity index (χ3n) is 4.05. The number of hydrogen-bond acceptors (Lipinski definition) is 3. The summed E-state index contributed by atoms with van der Waals surface area (Å²) in [5.74, 6) is -0.484. The Morgan fingerprint density at radius 1 is 1.20 bits per heavy atom. The number of halogens is 2. The van der Waals surface area contributed by atoms with Crippen LogP contribution >= 0.6 is 23.2 Å². The van der Waals surface area contributed by atoms with Crippen molar-refractivity contribution in [2.75, 3.05) is 11.9 Å². The zero-order valence-electron chi connectivity index (χ0n) is 13.6. The van der Waals surface area contributed by atoms with Crippen LogP contribution in [0.1, 0.15) is 29.0 Å². The Labute approximate surface area is 155 Å². The van der Waals surface area contributed by atoms with E-state index in [1.165, 1.54) is 0 Å². The molecule has 1 aliphatic heterocycles. The van der Waals surface area contributed by atoms with Crippen LogP contribution in [0.2, 0.25) is 10.0 Å². The minimum Gasteiger partial charge on any atom is -0.325 e. The van der Waals surface area contributed by atoms with E-state index >= 15 is 0 Å². The molecule has 5 nitrogen and oxygen atoms in total. The second-order valence-electron chi connectivity index (χ2n) is 5.97. The van der Waals surface area contributed by atoms with Crippen LogP contribution < -0.4 is 5.32 Å². The lowest BCUT2D eigenvalue weighted by atomic mass is 10.2. The summed E-state index contributed by atoms with van der Waals surface area (Å²) in [6.45, 7) is 2.36. The predicted octanol–water partition coefficient (Wildman–Crippen LogP) is 3.94. The number of pyridine rings is 1. The fourth-order valence-electron chi connectivity index (χ4n) is 2.94. The van der Waals surface area contributed by atoms with Gasteiger partial charge in [-0.25, -0.2) is 4.98 Å². The van der Waals surface area contributed by atoms with Crippen molar-refractivity contribution < 1.29 is 9.59 Å². The van der Waals surface area contributed by atoms with Crippen molar-refractivity contribution in [1.29, 1.82) is 0 Å². The number of anilines is 1. The molecule has 1 fully saturated rings. The Hall–Kier alpha value is -2.11. The maximum absolute atomic E-state index is 12.7. The zero-order valence-corrected chi connectivity index (χ0v) is 15.1. The molecule has 2 amide bonds. The third-order valence-corrected chi connectivity index (χ3v) is 4.49. The summed E-state index contributed by atoms with van der Waals surface area (Å²) >= 11 is 11.9. The Kier molecular flexibility index (Phi) is 5.25. The van der Waals surface area contributed by atoms with Crippen LogP contribution in [0.15, 0.2) is 36.4 Å². The number of nitrogens with zero attached hydrogens (tertiary/aromatic N) is 2. The summed E-state index contributed by atoms with van der Waals surface area (Å²) in [5.41, 5.74) is 1.63. The van der Waals surface area contributed by atoms with E-state index in [0.29, 0.717) is 34.4 Å². The first-order valence-electron chi connectivity index (χ1n) is 7.95. The van der Waals surface area contributed by atoms with Gasteiger partial charge in [-0.05, 0) is 50.1 Å². The van der Waals surface area contributed by atoms with Gasteiger partial charge in [0.2, 0.25) is 5.91 Å². The molecule has 1 atom stereocenters. The molecule has 2 heterocycles. The van der Waals surface area contributed by atoms with E-state index < -0.39 is 6.04 Å². The van der Waals surface area contributed by atoms with E-state index in [2.05, 4.69) is 10.3 Å². The first-order valence-corrected chi connectivity index (χ1v) is 8.71. The van der Waals surface area contributed by atoms with Crippen molar-refractivity contribution in [2.24, 2.45) is 0 Å². The van der Waals surface area contributed by atoms with Gasteiger partial charge in [-0.1, -0.05) is 29.3 Å². The second kappa shape index (κ2) is 7.42. The average molecular weight is 378 g/mol. The van der Waals surface area contributed by atoms with Gasteiger partial charge in [0.25, 0.3) is 5.91 Å². The topological polar surface area (TPSA) is 62.3 Å². The van der Waals surface area contributed by atoms with Crippen LogP contribution in [-0.2, 0) is 4.79 Å². The number of carbonyl (C=O) groups excluding carboxylic acids is 2. The molecule has 0 bridgehead atoms. The summed E-state index contributed by atoms with van der Waals surface area (Å²) in [6.07, 6.45) is 1.38. The van der Waals surface area contributed by atoms with Gasteiger partial charge in [0.15, 0.2) is 0 Å².